The maximum Gasteiger partial charge on any atom is 2.00 e. The van der Waals surface area contributed by atoms with Crippen molar-refractivity contribution in [1.82, 2.24) is 19.9 Å². The quantitative estimate of drug-likeness (QED) is 0.512. The van der Waals surface area contributed by atoms with Crippen LogP contribution in [0, 0.1) is 0 Å². The predicted molar refractivity (Wildman–Crippen MR) is 60.0 cm³/mol. The van der Waals surface area contributed by atoms with Crippen LogP contribution >= 0.6 is 0 Å². The summed E-state index contributed by atoms with van der Waals surface area (Å²) in [5, 5.41) is 0. The molecule has 0 saturated carbocycles. The summed E-state index contributed by atoms with van der Waals surface area (Å²) in [6.07, 6.45) is 9.68. The Hall–Kier alpha value is -1.55. The second-order valence-corrected chi connectivity index (χ2v) is 2.97. The molecular weight excluding hydrogens is 399 g/mol. The summed E-state index contributed by atoms with van der Waals surface area (Å²) < 4.78 is 0. The van der Waals surface area contributed by atoms with Gasteiger partial charge in [0.05, 0.1) is 13.1 Å². The number of aliphatic imine (C=N–C) groups is 2. The maximum absolute atomic E-state index is 4.16. The summed E-state index contributed by atoms with van der Waals surface area (Å²) in [4.78, 5) is 23.9. The minimum atomic E-state index is 0. The molecule has 0 bridgehead atoms. The first-order valence-electron chi connectivity index (χ1n) is 4.80. The first-order valence-corrected chi connectivity index (χ1v) is 4.80. The van der Waals surface area contributed by atoms with Crippen molar-refractivity contribution < 1.29 is 21.1 Å². The molecule has 7 heteroatoms. The number of hydrogen-bond acceptors (Lipinski definition) is 4. The minimum absolute atomic E-state index is 0. The van der Waals surface area contributed by atoms with Gasteiger partial charge in [0.15, 0.2) is 0 Å². The van der Waals surface area contributed by atoms with E-state index < -0.39 is 0 Å². The van der Waals surface area contributed by atoms with Crippen molar-refractivity contribution in [3.05, 3.63) is 36.4 Å². The molecule has 17 heavy (non-hydrogen) atoms. The molecular formula is C10H10N6Pt. The molecule has 0 saturated heterocycles. The van der Waals surface area contributed by atoms with E-state index in [-0.39, 0.29) is 21.1 Å². The average Bonchev–Trinajstić information content (AvgIpc) is 2.96. The van der Waals surface area contributed by atoms with Crippen LogP contribution in [0.1, 0.15) is 11.4 Å². The molecule has 0 unspecified atom stereocenters. The van der Waals surface area contributed by atoms with Crippen LogP contribution in [-0.4, -0.2) is 35.5 Å². The summed E-state index contributed by atoms with van der Waals surface area (Å²) in [7, 11) is 0. The monoisotopic (exact) mass is 409 g/mol. The zero-order valence-corrected chi connectivity index (χ0v) is 11.2. The topological polar surface area (TPSA) is 78.7 Å². The molecule has 2 aromatic rings. The van der Waals surface area contributed by atoms with Crippen LogP contribution in [-0.2, 0) is 21.1 Å². The normalized spacial score (nSPS) is 11.1. The third-order valence-corrected chi connectivity index (χ3v) is 1.77. The van der Waals surface area contributed by atoms with Crippen LogP contribution in [0.5, 0.6) is 0 Å². The van der Waals surface area contributed by atoms with Gasteiger partial charge in [-0.1, -0.05) is 25.0 Å². The first-order chi connectivity index (χ1) is 7.95. The molecule has 0 spiro atoms. The van der Waals surface area contributed by atoms with Gasteiger partial charge in [-0.2, -0.15) is 0 Å². The first kappa shape index (κ1) is 13.5. The van der Waals surface area contributed by atoms with Gasteiger partial charge in [-0.25, -0.2) is 0 Å². The Balaban J connectivity index is 0.00000144. The van der Waals surface area contributed by atoms with E-state index in [1.165, 1.54) is 12.7 Å². The van der Waals surface area contributed by atoms with Crippen LogP contribution < -0.4 is 9.97 Å². The van der Waals surface area contributed by atoms with Gasteiger partial charge in [0.25, 0.3) is 0 Å². The molecule has 6 nitrogen and oxygen atoms in total. The number of aromatic nitrogens is 4. The Labute approximate surface area is 113 Å². The third kappa shape index (κ3) is 4.87. The molecule has 0 aromatic carbocycles. The van der Waals surface area contributed by atoms with Crippen molar-refractivity contribution in [1.29, 1.82) is 0 Å². The van der Waals surface area contributed by atoms with E-state index in [0.717, 1.165) is 11.4 Å². The zero-order chi connectivity index (χ0) is 11.1. The second kappa shape index (κ2) is 7.68. The van der Waals surface area contributed by atoms with Gasteiger partial charge in [0.1, 0.15) is 0 Å². The van der Waals surface area contributed by atoms with Crippen molar-refractivity contribution in [3.63, 3.8) is 0 Å². The molecule has 0 amide bonds. The van der Waals surface area contributed by atoms with E-state index in [1.807, 2.05) is 0 Å². The van der Waals surface area contributed by atoms with Crippen molar-refractivity contribution in [3.8, 4) is 0 Å². The molecule has 0 atom stereocenters. The van der Waals surface area contributed by atoms with E-state index in [9.17, 15) is 0 Å². The van der Waals surface area contributed by atoms with Crippen molar-refractivity contribution >= 4 is 12.4 Å². The van der Waals surface area contributed by atoms with Gasteiger partial charge in [-0.15, -0.1) is 0 Å². The summed E-state index contributed by atoms with van der Waals surface area (Å²) in [5.41, 5.74) is 1.54. The fourth-order valence-electron chi connectivity index (χ4n) is 1.05. The van der Waals surface area contributed by atoms with Crippen molar-refractivity contribution in [2.75, 3.05) is 13.1 Å². The van der Waals surface area contributed by atoms with Crippen LogP contribution in [0.25, 0.3) is 0 Å². The molecule has 2 heterocycles. The largest absolute Gasteiger partial charge is 2.00 e. The Morgan fingerprint density at radius 1 is 0.941 bits per heavy atom. The zero-order valence-electron chi connectivity index (χ0n) is 8.88. The molecule has 0 aliphatic heterocycles. The van der Waals surface area contributed by atoms with Crippen molar-refractivity contribution in [2.45, 2.75) is 0 Å². The Morgan fingerprint density at radius 3 is 1.76 bits per heavy atom. The predicted octanol–water partition coefficient (Wildman–Crippen LogP) is -0.0735. The van der Waals surface area contributed by atoms with Gasteiger partial charge in [-0.05, 0) is 11.4 Å². The Bertz CT molecular complexity index is 401. The molecule has 90 valence electrons. The van der Waals surface area contributed by atoms with Crippen molar-refractivity contribution in [2.24, 2.45) is 9.98 Å². The maximum atomic E-state index is 4.16. The SMILES string of the molecule is C(=NCCN=Cc1cnc[n-]1)c1cnc[n-]1.[Pt+2]. The molecule has 0 N–H and O–H groups in total. The standard InChI is InChI=1S/C10H10N6.Pt/c1(11-3-9-5-13-7-15-9)2-12-4-10-6-14-8-16-10;/h3-8H,1-2H2;/q-2;+2. The number of hydrogen-bond donors (Lipinski definition) is 0. The third-order valence-electron chi connectivity index (χ3n) is 1.77. The van der Waals surface area contributed by atoms with Crippen LogP contribution in [0.2, 0.25) is 0 Å². The number of nitrogens with zero attached hydrogens (tertiary/aromatic N) is 6. The van der Waals surface area contributed by atoms with E-state index in [4.69, 9.17) is 0 Å². The number of imidazole rings is 2. The molecule has 0 aliphatic carbocycles. The van der Waals surface area contributed by atoms with Gasteiger partial charge < -0.3 is 19.9 Å². The average molecular weight is 409 g/mol. The minimum Gasteiger partial charge on any atom is -0.449 e. The van der Waals surface area contributed by atoms with Gasteiger partial charge in [-0.3, -0.25) is 9.98 Å². The Kier molecular flexibility index (Phi) is 6.10. The summed E-state index contributed by atoms with van der Waals surface area (Å²) in [5.74, 6) is 0. The second-order valence-electron chi connectivity index (χ2n) is 2.97. The Morgan fingerprint density at radius 2 is 1.41 bits per heavy atom. The van der Waals surface area contributed by atoms with E-state index in [2.05, 4.69) is 29.9 Å². The molecule has 0 aliphatic rings. The fourth-order valence-corrected chi connectivity index (χ4v) is 1.05. The van der Waals surface area contributed by atoms with E-state index >= 15 is 0 Å². The fraction of sp³-hybridized carbons (Fsp3) is 0.200. The van der Waals surface area contributed by atoms with Gasteiger partial charge in [0, 0.05) is 12.4 Å². The molecule has 2 aromatic heterocycles. The molecule has 0 radical (unpaired) electrons. The van der Waals surface area contributed by atoms with Crippen LogP contribution in [0.4, 0.5) is 0 Å². The number of rotatable bonds is 5. The van der Waals surface area contributed by atoms with E-state index in [1.54, 1.807) is 24.8 Å². The van der Waals surface area contributed by atoms with E-state index in [0.29, 0.717) is 13.1 Å². The summed E-state index contributed by atoms with van der Waals surface area (Å²) >= 11 is 0. The summed E-state index contributed by atoms with van der Waals surface area (Å²) in [6, 6.07) is 0. The van der Waals surface area contributed by atoms with Crippen LogP contribution in [0.15, 0.2) is 35.0 Å². The smallest absolute Gasteiger partial charge is 0.449 e. The van der Waals surface area contributed by atoms with Crippen LogP contribution in [0.3, 0.4) is 0 Å². The molecule has 2 rings (SSSR count). The molecule has 0 fully saturated rings. The van der Waals surface area contributed by atoms with Gasteiger partial charge >= 0.3 is 21.1 Å². The van der Waals surface area contributed by atoms with Gasteiger partial charge in [0.2, 0.25) is 0 Å². The summed E-state index contributed by atoms with van der Waals surface area (Å²) in [6.45, 7) is 1.25.